The minimum atomic E-state index is -0.787. The molecule has 0 bridgehead atoms. The summed E-state index contributed by atoms with van der Waals surface area (Å²) < 4.78 is 40.9. The lowest BCUT2D eigenvalue weighted by molar-refractivity contribution is -0.146. The van der Waals surface area contributed by atoms with Crippen LogP contribution in [-0.2, 0) is 40.3 Å². The fourth-order valence-electron chi connectivity index (χ4n) is 11.4. The summed E-state index contributed by atoms with van der Waals surface area (Å²) in [5.74, 6) is 6.51. The van der Waals surface area contributed by atoms with Crippen LogP contribution in [0.15, 0.2) is 227 Å². The molecule has 2 fully saturated rings. The van der Waals surface area contributed by atoms with E-state index in [1.165, 1.54) is 7.11 Å². The Morgan fingerprint density at radius 3 is 1.21 bits per heavy atom. The van der Waals surface area contributed by atoms with Crippen molar-refractivity contribution in [2.45, 2.75) is 89.6 Å². The molecule has 0 saturated carbocycles. The monoisotopic (exact) mass is 1160 g/mol. The second kappa shape index (κ2) is 28.4. The number of nitrogens with zero attached hydrogens (tertiary/aromatic N) is 4. The fourth-order valence-corrected chi connectivity index (χ4v) is 11.4. The maximum atomic E-state index is 12.7. The molecule has 4 heterocycles. The smallest absolute Gasteiger partial charge is 0.323 e. The highest BCUT2D eigenvalue weighted by molar-refractivity contribution is 5.76. The van der Waals surface area contributed by atoms with Crippen molar-refractivity contribution in [3.63, 3.8) is 0 Å². The van der Waals surface area contributed by atoms with Gasteiger partial charge in [0.25, 0.3) is 0 Å². The average Bonchev–Trinajstić information content (AvgIpc) is 4.55. The predicted molar refractivity (Wildman–Crippen MR) is 333 cm³/mol. The molecular formula is C73H70N4O10. The molecule has 0 radical (unpaired) electrons. The Bertz CT molecular complexity index is 3790. The number of rotatable bonds is 22. The van der Waals surface area contributed by atoms with Gasteiger partial charge in [0.15, 0.2) is 0 Å². The van der Waals surface area contributed by atoms with Gasteiger partial charge in [0.2, 0.25) is 11.8 Å². The van der Waals surface area contributed by atoms with Gasteiger partial charge in [0, 0.05) is 49.1 Å². The van der Waals surface area contributed by atoms with Gasteiger partial charge in [-0.25, -0.2) is 9.97 Å². The summed E-state index contributed by atoms with van der Waals surface area (Å²) >= 11 is 0. The first-order valence-corrected chi connectivity index (χ1v) is 29.6. The summed E-state index contributed by atoms with van der Waals surface area (Å²) in [7, 11) is 1.46. The SMILES string of the molecule is COC(=O)[C@H]1CC[C@H](c2ccc(OCCc3nc(-c4ccccc4)oc3C)cc2)N1Cc1ccc(Oc2ccccc2)cc1.Cc1oc(-c2ccccc2)nc1CCOc1ccc([C@H]2CC[C@@H](C(=O)O)N2Cc2ccc(Oc3ccccc3)cc2)cc1. The molecule has 0 unspecified atom stereocenters. The molecule has 1 N–H and O–H groups in total. The number of carbonyl (C=O) groups excluding carboxylic acids is 1. The summed E-state index contributed by atoms with van der Waals surface area (Å²) in [4.78, 5) is 38.5. The van der Waals surface area contributed by atoms with E-state index >= 15 is 0 Å². The van der Waals surface area contributed by atoms with Gasteiger partial charge in [0.1, 0.15) is 58.1 Å². The van der Waals surface area contributed by atoms with Crippen LogP contribution in [0.2, 0.25) is 0 Å². The molecule has 87 heavy (non-hydrogen) atoms. The van der Waals surface area contributed by atoms with Crippen molar-refractivity contribution in [2.24, 2.45) is 0 Å². The summed E-state index contributed by atoms with van der Waals surface area (Å²) in [6.45, 7) is 5.98. The number of carboxylic acid groups (broad SMARTS) is 1. The lowest BCUT2D eigenvalue weighted by Gasteiger charge is -2.29. The van der Waals surface area contributed by atoms with Gasteiger partial charge in [-0.3, -0.25) is 19.4 Å². The van der Waals surface area contributed by atoms with Crippen LogP contribution in [0.5, 0.6) is 34.5 Å². The predicted octanol–water partition coefficient (Wildman–Crippen LogP) is 15.8. The fraction of sp³-hybridized carbons (Fsp3) is 0.233. The van der Waals surface area contributed by atoms with E-state index in [0.717, 1.165) is 110 Å². The minimum absolute atomic E-state index is 0.00424. The number of hydrogen-bond acceptors (Lipinski definition) is 13. The van der Waals surface area contributed by atoms with E-state index in [9.17, 15) is 14.7 Å². The Labute approximate surface area is 507 Å². The third kappa shape index (κ3) is 15.2. The first-order chi connectivity index (χ1) is 42.6. The van der Waals surface area contributed by atoms with Crippen LogP contribution >= 0.6 is 0 Å². The number of aryl methyl sites for hydroxylation is 2. The number of hydrogen-bond donors (Lipinski definition) is 1. The number of benzene rings is 8. The van der Waals surface area contributed by atoms with E-state index in [1.807, 2.05) is 208 Å². The Morgan fingerprint density at radius 1 is 0.460 bits per heavy atom. The van der Waals surface area contributed by atoms with Gasteiger partial charge >= 0.3 is 11.9 Å². The molecule has 4 atom stereocenters. The molecule has 10 aromatic rings. The van der Waals surface area contributed by atoms with Crippen LogP contribution in [0.25, 0.3) is 22.9 Å². The largest absolute Gasteiger partial charge is 0.493 e. The number of aliphatic carboxylic acids is 1. The zero-order chi connectivity index (χ0) is 59.9. The quantitative estimate of drug-likeness (QED) is 0.0639. The zero-order valence-electron chi connectivity index (χ0n) is 49.1. The maximum Gasteiger partial charge on any atom is 0.323 e. The van der Waals surface area contributed by atoms with E-state index in [1.54, 1.807) is 0 Å². The van der Waals surface area contributed by atoms with Crippen molar-refractivity contribution in [1.29, 1.82) is 0 Å². The third-order valence-corrected chi connectivity index (χ3v) is 15.9. The van der Waals surface area contributed by atoms with Crippen molar-refractivity contribution in [3.8, 4) is 57.4 Å². The number of carbonyl (C=O) groups is 2. The molecule has 12 rings (SSSR count). The van der Waals surface area contributed by atoms with E-state index in [4.69, 9.17) is 32.5 Å². The van der Waals surface area contributed by atoms with Crippen LogP contribution in [0.1, 0.15) is 82.9 Å². The van der Waals surface area contributed by atoms with Crippen molar-refractivity contribution >= 4 is 11.9 Å². The molecule has 2 saturated heterocycles. The van der Waals surface area contributed by atoms with Crippen LogP contribution in [0, 0.1) is 13.8 Å². The van der Waals surface area contributed by atoms with Crippen molar-refractivity contribution in [2.75, 3.05) is 20.3 Å². The number of methoxy groups -OCH3 is 1. The number of ether oxygens (including phenoxy) is 5. The summed E-state index contributed by atoms with van der Waals surface area (Å²) in [6.07, 6.45) is 4.28. The standard InChI is InChI=1S/C37H36N2O5.C36H34N2O5/c1-26-33(38-36(43-26)29-9-5-3-6-10-29)23-24-42-30-19-15-28(16-20-30)34-21-22-35(37(40)41-2)39(34)25-27-13-17-32(18-14-27)44-31-11-7-4-8-12-31;1-25-32(37-35(42-25)28-8-4-2-5-9-28)22-23-41-29-18-14-27(15-19-29)33-20-21-34(36(39)40)38(33)24-26-12-16-31(17-13-26)43-30-10-6-3-7-11-30/h3-20,34-35H,21-25H2,1-2H3;2-19,33-34H,20-24H2,1H3,(H,39,40)/t34-,35-;33-,34+/m11/s1. The number of aromatic nitrogens is 2. The Balaban J connectivity index is 0.000000180. The number of para-hydroxylation sites is 2. The zero-order valence-corrected chi connectivity index (χ0v) is 49.1. The molecule has 2 aliphatic rings. The first kappa shape index (κ1) is 59.0. The Morgan fingerprint density at radius 2 is 0.816 bits per heavy atom. The molecule has 0 spiro atoms. The summed E-state index contributed by atoms with van der Waals surface area (Å²) in [5.41, 5.74) is 8.07. The lowest BCUT2D eigenvalue weighted by Crippen LogP contribution is -2.37. The average molecular weight is 1160 g/mol. The summed E-state index contributed by atoms with van der Waals surface area (Å²) in [5, 5.41) is 9.96. The molecule has 8 aromatic carbocycles. The maximum absolute atomic E-state index is 12.7. The highest BCUT2D eigenvalue weighted by Gasteiger charge is 2.40. The van der Waals surface area contributed by atoms with E-state index < -0.39 is 12.0 Å². The Hall–Kier alpha value is -9.76. The van der Waals surface area contributed by atoms with Crippen LogP contribution in [0.4, 0.5) is 0 Å². The molecule has 2 aliphatic heterocycles. The van der Waals surface area contributed by atoms with Gasteiger partial charge in [-0.1, -0.05) is 121 Å². The number of esters is 1. The second-order valence-electron chi connectivity index (χ2n) is 21.7. The third-order valence-electron chi connectivity index (χ3n) is 15.9. The minimum Gasteiger partial charge on any atom is -0.493 e. The molecule has 0 aliphatic carbocycles. The van der Waals surface area contributed by atoms with E-state index in [2.05, 4.69) is 44.0 Å². The van der Waals surface area contributed by atoms with Crippen LogP contribution in [-0.4, -0.2) is 69.2 Å². The molecule has 14 heteroatoms. The highest BCUT2D eigenvalue weighted by atomic mass is 16.5. The van der Waals surface area contributed by atoms with Crippen molar-refractivity contribution in [1.82, 2.24) is 19.8 Å². The highest BCUT2D eigenvalue weighted by Crippen LogP contribution is 2.41. The first-order valence-electron chi connectivity index (χ1n) is 29.6. The Kier molecular flexibility index (Phi) is 19.3. The van der Waals surface area contributed by atoms with Crippen molar-refractivity contribution in [3.05, 3.63) is 264 Å². The van der Waals surface area contributed by atoms with Gasteiger partial charge in [0.05, 0.1) is 31.7 Å². The van der Waals surface area contributed by atoms with Crippen molar-refractivity contribution < 1.29 is 47.2 Å². The van der Waals surface area contributed by atoms with Crippen LogP contribution < -0.4 is 18.9 Å². The molecule has 14 nitrogen and oxygen atoms in total. The number of likely N-dealkylation sites (tertiary alicyclic amines) is 2. The topological polar surface area (TPSA) is 159 Å². The molecule has 0 amide bonds. The van der Waals surface area contributed by atoms with E-state index in [-0.39, 0.29) is 24.1 Å². The molecule has 2 aromatic heterocycles. The molecular weight excluding hydrogens is 1090 g/mol. The van der Waals surface area contributed by atoms with Gasteiger partial charge < -0.3 is 37.6 Å². The summed E-state index contributed by atoms with van der Waals surface area (Å²) in [6, 6.07) is 70.5. The van der Waals surface area contributed by atoms with Gasteiger partial charge in [-0.05, 0) is 159 Å². The lowest BCUT2D eigenvalue weighted by atomic mass is 10.0. The number of oxazole rings is 2. The van der Waals surface area contributed by atoms with E-state index in [0.29, 0.717) is 57.3 Å². The molecule has 442 valence electrons. The van der Waals surface area contributed by atoms with Crippen LogP contribution in [0.3, 0.4) is 0 Å². The normalized spacial score (nSPS) is 16.6. The van der Waals surface area contributed by atoms with Gasteiger partial charge in [-0.15, -0.1) is 0 Å². The second-order valence-corrected chi connectivity index (χ2v) is 21.7. The van der Waals surface area contributed by atoms with Gasteiger partial charge in [-0.2, -0.15) is 0 Å². The number of carboxylic acids is 1.